The molecule has 2 saturated heterocycles. The van der Waals surface area contributed by atoms with Crippen LogP contribution < -0.4 is 15.4 Å². The van der Waals surface area contributed by atoms with Crippen molar-refractivity contribution in [1.29, 1.82) is 0 Å². The number of piperazine rings is 1. The molecule has 8 heteroatoms. The van der Waals surface area contributed by atoms with Crippen molar-refractivity contribution in [2.75, 3.05) is 20.2 Å². The van der Waals surface area contributed by atoms with Gasteiger partial charge in [0.25, 0.3) is 5.91 Å². The lowest BCUT2D eigenvalue weighted by Gasteiger charge is -2.28. The van der Waals surface area contributed by atoms with Gasteiger partial charge in [0, 0.05) is 18.2 Å². The van der Waals surface area contributed by atoms with Crippen molar-refractivity contribution in [3.8, 4) is 17.1 Å². The van der Waals surface area contributed by atoms with Gasteiger partial charge >= 0.3 is 0 Å². The lowest BCUT2D eigenvalue weighted by atomic mass is 10.1. The van der Waals surface area contributed by atoms with E-state index in [4.69, 9.17) is 9.15 Å². The van der Waals surface area contributed by atoms with Gasteiger partial charge in [-0.3, -0.25) is 14.4 Å². The molecule has 2 aliphatic rings. The number of hydrogen-bond donors (Lipinski definition) is 2. The fourth-order valence-electron chi connectivity index (χ4n) is 3.47. The first-order chi connectivity index (χ1) is 13.0. The normalized spacial score (nSPS) is 21.6. The van der Waals surface area contributed by atoms with Crippen molar-refractivity contribution in [3.05, 3.63) is 42.2 Å². The first-order valence-electron chi connectivity index (χ1n) is 8.67. The SMILES string of the molecule is COc1ccc(-c2ccc(C(=O)N[C@H]3C[C@H]4C(=O)NCC(=O)N4C3)o2)cc1. The van der Waals surface area contributed by atoms with Gasteiger partial charge in [-0.15, -0.1) is 0 Å². The Morgan fingerprint density at radius 2 is 2.00 bits per heavy atom. The van der Waals surface area contributed by atoms with Crippen LogP contribution in [0, 0.1) is 0 Å². The molecule has 0 unspecified atom stereocenters. The minimum atomic E-state index is -0.511. The first-order valence-corrected chi connectivity index (χ1v) is 8.67. The molecule has 2 aromatic rings. The van der Waals surface area contributed by atoms with E-state index in [1.54, 1.807) is 19.2 Å². The van der Waals surface area contributed by atoms with Gasteiger partial charge in [0.2, 0.25) is 11.8 Å². The number of furan rings is 1. The fourth-order valence-corrected chi connectivity index (χ4v) is 3.47. The van der Waals surface area contributed by atoms with Crippen molar-refractivity contribution < 1.29 is 23.5 Å². The lowest BCUT2D eigenvalue weighted by Crippen LogP contribution is -2.55. The summed E-state index contributed by atoms with van der Waals surface area (Å²) in [6, 6.07) is 9.85. The topological polar surface area (TPSA) is 101 Å². The third kappa shape index (κ3) is 3.25. The van der Waals surface area contributed by atoms with E-state index in [9.17, 15) is 14.4 Å². The van der Waals surface area contributed by atoms with E-state index in [1.807, 2.05) is 24.3 Å². The Balaban J connectivity index is 1.42. The molecule has 0 aliphatic carbocycles. The maximum atomic E-state index is 12.5. The molecule has 1 aromatic carbocycles. The predicted molar refractivity (Wildman–Crippen MR) is 95.1 cm³/mol. The highest BCUT2D eigenvalue weighted by atomic mass is 16.5. The van der Waals surface area contributed by atoms with Crippen molar-refractivity contribution in [2.45, 2.75) is 18.5 Å². The Hall–Kier alpha value is -3.29. The van der Waals surface area contributed by atoms with E-state index in [-0.39, 0.29) is 36.1 Å². The first kappa shape index (κ1) is 17.1. The van der Waals surface area contributed by atoms with Crippen LogP contribution in [0.15, 0.2) is 40.8 Å². The van der Waals surface area contributed by atoms with Gasteiger partial charge in [-0.1, -0.05) is 0 Å². The molecule has 140 valence electrons. The van der Waals surface area contributed by atoms with Crippen molar-refractivity contribution >= 4 is 17.7 Å². The highest BCUT2D eigenvalue weighted by molar-refractivity contribution is 5.96. The summed E-state index contributed by atoms with van der Waals surface area (Å²) in [5, 5.41) is 5.42. The van der Waals surface area contributed by atoms with Crippen LogP contribution in [0.4, 0.5) is 0 Å². The monoisotopic (exact) mass is 369 g/mol. The summed E-state index contributed by atoms with van der Waals surface area (Å²) >= 11 is 0. The second-order valence-corrected chi connectivity index (χ2v) is 6.58. The highest BCUT2D eigenvalue weighted by Gasteiger charge is 2.42. The Labute approximate surface area is 155 Å². The third-order valence-electron chi connectivity index (χ3n) is 4.88. The van der Waals surface area contributed by atoms with E-state index < -0.39 is 6.04 Å². The Morgan fingerprint density at radius 1 is 1.22 bits per heavy atom. The van der Waals surface area contributed by atoms with Crippen LogP contribution in [-0.2, 0) is 9.59 Å². The molecule has 27 heavy (non-hydrogen) atoms. The third-order valence-corrected chi connectivity index (χ3v) is 4.88. The smallest absolute Gasteiger partial charge is 0.287 e. The van der Waals surface area contributed by atoms with Crippen LogP contribution in [0.5, 0.6) is 5.75 Å². The minimum absolute atomic E-state index is 0.0133. The van der Waals surface area contributed by atoms with Gasteiger partial charge in [-0.2, -0.15) is 0 Å². The van der Waals surface area contributed by atoms with Gasteiger partial charge < -0.3 is 24.7 Å². The zero-order valence-electron chi connectivity index (χ0n) is 14.7. The minimum Gasteiger partial charge on any atom is -0.497 e. The average molecular weight is 369 g/mol. The van der Waals surface area contributed by atoms with Crippen LogP contribution in [0.3, 0.4) is 0 Å². The van der Waals surface area contributed by atoms with E-state index in [0.29, 0.717) is 18.7 Å². The number of rotatable bonds is 4. The molecule has 8 nitrogen and oxygen atoms in total. The van der Waals surface area contributed by atoms with Crippen LogP contribution in [0.1, 0.15) is 17.0 Å². The number of carbonyl (C=O) groups is 3. The van der Waals surface area contributed by atoms with E-state index in [2.05, 4.69) is 10.6 Å². The number of nitrogens with zero attached hydrogens (tertiary/aromatic N) is 1. The molecular weight excluding hydrogens is 350 g/mol. The Morgan fingerprint density at radius 3 is 2.70 bits per heavy atom. The summed E-state index contributed by atoms with van der Waals surface area (Å²) < 4.78 is 10.8. The lowest BCUT2D eigenvalue weighted by molar-refractivity contribution is -0.143. The number of fused-ring (bicyclic) bond motifs is 1. The van der Waals surface area contributed by atoms with Crippen molar-refractivity contribution in [1.82, 2.24) is 15.5 Å². The molecule has 0 bridgehead atoms. The summed E-state index contributed by atoms with van der Waals surface area (Å²) in [6.45, 7) is 0.341. The molecule has 1 aromatic heterocycles. The molecule has 0 saturated carbocycles. The maximum Gasteiger partial charge on any atom is 0.287 e. The fraction of sp³-hybridized carbons (Fsp3) is 0.316. The number of methoxy groups -OCH3 is 1. The van der Waals surface area contributed by atoms with Crippen molar-refractivity contribution in [2.24, 2.45) is 0 Å². The van der Waals surface area contributed by atoms with Gasteiger partial charge in [0.1, 0.15) is 17.6 Å². The molecule has 2 N–H and O–H groups in total. The Bertz CT molecular complexity index is 865. The molecule has 4 rings (SSSR count). The summed E-state index contributed by atoms with van der Waals surface area (Å²) in [5.41, 5.74) is 0.829. The van der Waals surface area contributed by atoms with Crippen LogP contribution >= 0.6 is 0 Å². The molecule has 3 amide bonds. The molecule has 3 heterocycles. The predicted octanol–water partition coefficient (Wildman–Crippen LogP) is 0.784. The summed E-state index contributed by atoms with van der Waals surface area (Å²) in [4.78, 5) is 37.8. The number of carbonyl (C=O) groups excluding carboxylic acids is 3. The molecule has 2 aliphatic heterocycles. The van der Waals surface area contributed by atoms with Gasteiger partial charge in [0.15, 0.2) is 5.76 Å². The quantitative estimate of drug-likeness (QED) is 0.830. The zero-order valence-corrected chi connectivity index (χ0v) is 14.7. The molecule has 0 spiro atoms. The van der Waals surface area contributed by atoms with E-state index >= 15 is 0 Å². The maximum absolute atomic E-state index is 12.5. The molecule has 2 atom stereocenters. The highest BCUT2D eigenvalue weighted by Crippen LogP contribution is 2.25. The number of benzene rings is 1. The largest absolute Gasteiger partial charge is 0.497 e. The molecule has 2 fully saturated rings. The van der Waals surface area contributed by atoms with E-state index in [0.717, 1.165) is 11.3 Å². The van der Waals surface area contributed by atoms with Gasteiger partial charge in [0.05, 0.1) is 13.7 Å². The summed E-state index contributed by atoms with van der Waals surface area (Å²) in [5.74, 6) is 0.817. The Kier molecular flexibility index (Phi) is 4.31. The zero-order chi connectivity index (χ0) is 19.0. The number of nitrogens with one attached hydrogen (secondary N) is 2. The van der Waals surface area contributed by atoms with Crippen LogP contribution in [0.25, 0.3) is 11.3 Å². The standard InChI is InChI=1S/C19H19N3O5/c1-26-13-4-2-11(3-5-13)15-6-7-16(27-15)19(25)21-12-8-14-18(24)20-9-17(23)22(14)10-12/h2-7,12,14H,8-10H2,1H3,(H,20,24)(H,21,25)/t12-,14-/m0/s1. The second-order valence-electron chi connectivity index (χ2n) is 6.58. The van der Waals surface area contributed by atoms with Crippen LogP contribution in [0.2, 0.25) is 0 Å². The number of amides is 3. The number of hydrogen-bond acceptors (Lipinski definition) is 5. The van der Waals surface area contributed by atoms with Gasteiger partial charge in [-0.05, 0) is 42.8 Å². The number of ether oxygens (including phenoxy) is 1. The second kappa shape index (κ2) is 6.79. The summed E-state index contributed by atoms with van der Waals surface area (Å²) in [6.07, 6.45) is 0.398. The average Bonchev–Trinajstić information content (AvgIpc) is 3.33. The van der Waals surface area contributed by atoms with Crippen molar-refractivity contribution in [3.63, 3.8) is 0 Å². The van der Waals surface area contributed by atoms with E-state index in [1.165, 1.54) is 4.90 Å². The summed E-state index contributed by atoms with van der Waals surface area (Å²) in [7, 11) is 1.59. The van der Waals surface area contributed by atoms with Gasteiger partial charge in [-0.25, -0.2) is 0 Å². The molecule has 0 radical (unpaired) electrons. The molecular formula is C19H19N3O5. The van der Waals surface area contributed by atoms with Crippen LogP contribution in [-0.4, -0.2) is 54.9 Å².